The Hall–Kier alpha value is -0.460. The third kappa shape index (κ3) is 25.7. The largest absolute Gasteiger partial charge is 0.394 e. The lowest BCUT2D eigenvalue weighted by Gasteiger charge is -2.22. The van der Waals surface area contributed by atoms with Gasteiger partial charge in [-0.15, -0.1) is 0 Å². The van der Waals surface area contributed by atoms with Crippen LogP contribution in [0.1, 0.15) is 96.8 Å². The van der Waals surface area contributed by atoms with Crippen molar-refractivity contribution in [1.29, 1.82) is 0 Å². The Morgan fingerprint density at radius 2 is 1.00 bits per heavy atom. The van der Waals surface area contributed by atoms with Gasteiger partial charge in [-0.3, -0.25) is 4.90 Å². The molecule has 186 valence electrons. The van der Waals surface area contributed by atoms with Gasteiger partial charge in [-0.2, -0.15) is 0 Å². The van der Waals surface area contributed by atoms with Crippen molar-refractivity contribution >= 4 is 0 Å². The molecule has 0 aromatic carbocycles. The van der Waals surface area contributed by atoms with E-state index in [2.05, 4.69) is 24.0 Å². The van der Waals surface area contributed by atoms with Gasteiger partial charge >= 0.3 is 0 Å². The van der Waals surface area contributed by atoms with Crippen molar-refractivity contribution in [2.24, 2.45) is 0 Å². The summed E-state index contributed by atoms with van der Waals surface area (Å²) in [5, 5.41) is 17.6. The molecule has 0 aliphatic heterocycles. The van der Waals surface area contributed by atoms with Gasteiger partial charge < -0.3 is 19.7 Å². The van der Waals surface area contributed by atoms with Crippen LogP contribution < -0.4 is 0 Å². The van der Waals surface area contributed by atoms with Crippen LogP contribution in [0.4, 0.5) is 0 Å². The molecule has 0 aromatic rings. The first kappa shape index (κ1) is 30.5. The zero-order valence-corrected chi connectivity index (χ0v) is 20.6. The van der Waals surface area contributed by atoms with Gasteiger partial charge in [-0.1, -0.05) is 76.9 Å². The first-order valence-corrected chi connectivity index (χ1v) is 13.1. The molecule has 0 aliphatic rings. The SMILES string of the molecule is CCCCCCCC/C=C\CCCCCCCCN(CCOCCO)CCOCCO. The normalized spacial score (nSPS) is 11.9. The van der Waals surface area contributed by atoms with Crippen LogP contribution >= 0.6 is 0 Å². The number of nitrogens with zero attached hydrogens (tertiary/aromatic N) is 1. The Balaban J connectivity index is 3.53. The van der Waals surface area contributed by atoms with Gasteiger partial charge in [0.15, 0.2) is 0 Å². The van der Waals surface area contributed by atoms with Crippen LogP contribution in [0.25, 0.3) is 0 Å². The molecule has 0 aromatic heterocycles. The minimum Gasteiger partial charge on any atom is -0.394 e. The van der Waals surface area contributed by atoms with Crippen molar-refractivity contribution in [3.8, 4) is 0 Å². The molecule has 0 spiro atoms. The van der Waals surface area contributed by atoms with E-state index in [4.69, 9.17) is 19.7 Å². The lowest BCUT2D eigenvalue weighted by atomic mass is 10.1. The summed E-state index contributed by atoms with van der Waals surface area (Å²) in [5.74, 6) is 0. The van der Waals surface area contributed by atoms with Gasteiger partial charge in [0.2, 0.25) is 0 Å². The highest BCUT2D eigenvalue weighted by Gasteiger charge is 2.05. The average Bonchev–Trinajstić information content (AvgIpc) is 2.78. The average molecular weight is 444 g/mol. The minimum atomic E-state index is 0.0779. The summed E-state index contributed by atoms with van der Waals surface area (Å²) in [4.78, 5) is 2.36. The maximum absolute atomic E-state index is 8.81. The molecule has 0 aliphatic carbocycles. The number of aliphatic hydroxyl groups is 2. The van der Waals surface area contributed by atoms with Crippen molar-refractivity contribution in [3.63, 3.8) is 0 Å². The van der Waals surface area contributed by atoms with Gasteiger partial charge in [0.05, 0.1) is 39.6 Å². The highest BCUT2D eigenvalue weighted by atomic mass is 16.5. The Morgan fingerprint density at radius 1 is 0.548 bits per heavy atom. The number of hydrogen-bond acceptors (Lipinski definition) is 5. The summed E-state index contributed by atoms with van der Waals surface area (Å²) in [6.45, 7) is 7.33. The molecule has 0 unspecified atom stereocenters. The molecule has 5 nitrogen and oxygen atoms in total. The van der Waals surface area contributed by atoms with Crippen molar-refractivity contribution in [2.45, 2.75) is 96.8 Å². The number of rotatable bonds is 26. The molecule has 0 saturated heterocycles. The summed E-state index contributed by atoms with van der Waals surface area (Å²) < 4.78 is 10.8. The second kappa shape index (κ2) is 27.6. The maximum Gasteiger partial charge on any atom is 0.0698 e. The van der Waals surface area contributed by atoms with Crippen LogP contribution in [0, 0.1) is 0 Å². The summed E-state index contributed by atoms with van der Waals surface area (Å²) in [5.41, 5.74) is 0. The molecule has 5 heteroatoms. The molecular weight excluding hydrogens is 390 g/mol. The second-order valence-electron chi connectivity index (χ2n) is 8.45. The first-order valence-electron chi connectivity index (χ1n) is 13.1. The smallest absolute Gasteiger partial charge is 0.0698 e. The monoisotopic (exact) mass is 443 g/mol. The zero-order valence-electron chi connectivity index (χ0n) is 20.6. The lowest BCUT2D eigenvalue weighted by molar-refractivity contribution is 0.0503. The van der Waals surface area contributed by atoms with Crippen molar-refractivity contribution in [1.82, 2.24) is 4.90 Å². The Labute approximate surface area is 193 Å². The van der Waals surface area contributed by atoms with Gasteiger partial charge in [0.25, 0.3) is 0 Å². The number of ether oxygens (including phenoxy) is 2. The van der Waals surface area contributed by atoms with E-state index in [1.165, 1.54) is 89.9 Å². The van der Waals surface area contributed by atoms with Crippen LogP contribution in [0.2, 0.25) is 0 Å². The molecule has 0 radical (unpaired) electrons. The van der Waals surface area contributed by atoms with E-state index in [0.717, 1.165) is 19.6 Å². The molecular formula is C26H53NO4. The van der Waals surface area contributed by atoms with Gasteiger partial charge in [0, 0.05) is 13.1 Å². The maximum atomic E-state index is 8.81. The van der Waals surface area contributed by atoms with Crippen LogP contribution in [-0.2, 0) is 9.47 Å². The number of unbranched alkanes of at least 4 members (excludes halogenated alkanes) is 12. The van der Waals surface area contributed by atoms with E-state index >= 15 is 0 Å². The molecule has 0 amide bonds. The van der Waals surface area contributed by atoms with Crippen molar-refractivity contribution in [2.75, 3.05) is 59.3 Å². The predicted octanol–water partition coefficient (Wildman–Crippen LogP) is 5.34. The number of hydrogen-bond donors (Lipinski definition) is 2. The van der Waals surface area contributed by atoms with Crippen LogP contribution in [-0.4, -0.2) is 74.4 Å². The lowest BCUT2D eigenvalue weighted by Crippen LogP contribution is -2.32. The fraction of sp³-hybridized carbons (Fsp3) is 0.923. The van der Waals surface area contributed by atoms with Crippen LogP contribution in [0.5, 0.6) is 0 Å². The standard InChI is InChI=1S/C26H53NO4/c1-2-3-4-5-6-7-8-9-10-11-12-13-14-15-16-17-18-27(19-23-30-25-21-28)20-24-31-26-22-29/h9-10,28-29H,2-8,11-26H2,1H3/b10-9-. The first-order chi connectivity index (χ1) is 15.3. The van der Waals surface area contributed by atoms with E-state index in [0.29, 0.717) is 26.4 Å². The van der Waals surface area contributed by atoms with E-state index in [9.17, 15) is 0 Å². The molecule has 2 N–H and O–H groups in total. The summed E-state index contributed by atoms with van der Waals surface area (Å²) in [7, 11) is 0. The van der Waals surface area contributed by atoms with Crippen LogP contribution in [0.3, 0.4) is 0 Å². The number of allylic oxidation sites excluding steroid dienone is 2. The van der Waals surface area contributed by atoms with Gasteiger partial charge in [-0.25, -0.2) is 0 Å². The van der Waals surface area contributed by atoms with E-state index in [1.807, 2.05) is 0 Å². The Kier molecular flexibility index (Phi) is 27.2. The molecule has 31 heavy (non-hydrogen) atoms. The predicted molar refractivity (Wildman–Crippen MR) is 132 cm³/mol. The third-order valence-corrected chi connectivity index (χ3v) is 5.56. The highest BCUT2D eigenvalue weighted by molar-refractivity contribution is 4.81. The van der Waals surface area contributed by atoms with Gasteiger partial charge in [-0.05, 0) is 38.6 Å². The summed E-state index contributed by atoms with van der Waals surface area (Å²) in [6, 6.07) is 0. The zero-order chi connectivity index (χ0) is 22.7. The fourth-order valence-corrected chi connectivity index (χ4v) is 3.64. The summed E-state index contributed by atoms with van der Waals surface area (Å²) in [6.07, 6.45) is 23.4. The van der Waals surface area contributed by atoms with E-state index in [-0.39, 0.29) is 13.2 Å². The fourth-order valence-electron chi connectivity index (χ4n) is 3.64. The number of aliphatic hydroxyl groups excluding tert-OH is 2. The quantitative estimate of drug-likeness (QED) is 0.139. The summed E-state index contributed by atoms with van der Waals surface area (Å²) >= 11 is 0. The highest BCUT2D eigenvalue weighted by Crippen LogP contribution is 2.10. The molecule has 0 atom stereocenters. The Morgan fingerprint density at radius 3 is 1.48 bits per heavy atom. The molecule has 0 saturated carbocycles. The van der Waals surface area contributed by atoms with Crippen molar-refractivity contribution in [3.05, 3.63) is 12.2 Å². The van der Waals surface area contributed by atoms with Gasteiger partial charge in [0.1, 0.15) is 0 Å². The molecule has 0 bridgehead atoms. The van der Waals surface area contributed by atoms with Crippen LogP contribution in [0.15, 0.2) is 12.2 Å². The topological polar surface area (TPSA) is 62.2 Å². The third-order valence-electron chi connectivity index (χ3n) is 5.56. The van der Waals surface area contributed by atoms with E-state index < -0.39 is 0 Å². The second-order valence-corrected chi connectivity index (χ2v) is 8.45. The molecule has 0 fully saturated rings. The van der Waals surface area contributed by atoms with Crippen molar-refractivity contribution < 1.29 is 19.7 Å². The molecule has 0 rings (SSSR count). The van der Waals surface area contributed by atoms with E-state index in [1.54, 1.807) is 0 Å². The Bertz CT molecular complexity index is 340. The molecule has 0 heterocycles. The minimum absolute atomic E-state index is 0.0779.